The molecule has 8 nitrogen and oxygen atoms in total. The minimum absolute atomic E-state index is 0.264. The van der Waals surface area contributed by atoms with Crippen LogP contribution in [-0.2, 0) is 23.7 Å². The van der Waals surface area contributed by atoms with Crippen LogP contribution in [0.3, 0.4) is 0 Å². The van der Waals surface area contributed by atoms with Gasteiger partial charge < -0.3 is 39.0 Å². The summed E-state index contributed by atoms with van der Waals surface area (Å²) in [5.74, 6) is 0. The molecule has 22 heavy (non-hydrogen) atoms. The predicted molar refractivity (Wildman–Crippen MR) is 74.0 cm³/mol. The molecule has 0 spiro atoms. The first-order valence-corrected chi connectivity index (χ1v) is 7.45. The number of hydrogen-bond acceptors (Lipinski definition) is 8. The van der Waals surface area contributed by atoms with Gasteiger partial charge in [0.05, 0.1) is 18.3 Å². The van der Waals surface area contributed by atoms with Gasteiger partial charge in [-0.05, 0) is 13.8 Å². The second kappa shape index (κ2) is 7.50. The van der Waals surface area contributed by atoms with E-state index >= 15 is 0 Å². The summed E-state index contributed by atoms with van der Waals surface area (Å²) in [7, 11) is 2.93. The van der Waals surface area contributed by atoms with Crippen LogP contribution >= 0.6 is 0 Å². The zero-order valence-electron chi connectivity index (χ0n) is 13.3. The molecule has 130 valence electrons. The van der Waals surface area contributed by atoms with E-state index in [1.54, 1.807) is 13.8 Å². The molecule has 0 aromatic rings. The van der Waals surface area contributed by atoms with E-state index in [2.05, 4.69) is 0 Å². The molecular formula is C14H26O8. The number of hydrogen-bond donors (Lipinski definition) is 3. The lowest BCUT2D eigenvalue weighted by Crippen LogP contribution is -2.60. The van der Waals surface area contributed by atoms with Gasteiger partial charge in [-0.15, -0.1) is 0 Å². The molecule has 2 heterocycles. The topological polar surface area (TPSA) is 107 Å². The van der Waals surface area contributed by atoms with Crippen LogP contribution < -0.4 is 0 Å². The molecule has 8 heteroatoms. The van der Waals surface area contributed by atoms with Gasteiger partial charge in [-0.3, -0.25) is 0 Å². The summed E-state index contributed by atoms with van der Waals surface area (Å²) in [6, 6.07) is 0. The predicted octanol–water partition coefficient (Wildman–Crippen LogP) is -1.00. The minimum Gasteiger partial charge on any atom is -0.388 e. The number of ether oxygens (including phenoxy) is 5. The van der Waals surface area contributed by atoms with Gasteiger partial charge in [-0.1, -0.05) is 0 Å². The van der Waals surface area contributed by atoms with E-state index in [1.807, 2.05) is 0 Å². The van der Waals surface area contributed by atoms with Gasteiger partial charge in [-0.2, -0.15) is 0 Å². The van der Waals surface area contributed by atoms with Crippen molar-refractivity contribution >= 4 is 0 Å². The molecule has 0 amide bonds. The van der Waals surface area contributed by atoms with Gasteiger partial charge in [0, 0.05) is 20.6 Å². The third-order valence-electron chi connectivity index (χ3n) is 4.28. The zero-order valence-corrected chi connectivity index (χ0v) is 13.3. The Hall–Kier alpha value is -0.320. The molecule has 0 aromatic carbocycles. The molecule has 2 aliphatic heterocycles. The first-order chi connectivity index (χ1) is 10.4. The second-order valence-corrected chi connectivity index (χ2v) is 5.80. The smallest absolute Gasteiger partial charge is 0.187 e. The fourth-order valence-electron chi connectivity index (χ4n) is 2.99. The highest BCUT2D eigenvalue weighted by Gasteiger charge is 2.47. The maximum Gasteiger partial charge on any atom is 0.187 e. The van der Waals surface area contributed by atoms with Crippen molar-refractivity contribution < 1.29 is 39.0 Å². The average molecular weight is 322 g/mol. The highest BCUT2D eigenvalue weighted by molar-refractivity contribution is 4.90. The number of aliphatic hydroxyl groups is 3. The Kier molecular flexibility index (Phi) is 6.14. The number of methoxy groups -OCH3 is 2. The van der Waals surface area contributed by atoms with Crippen LogP contribution in [0.4, 0.5) is 0 Å². The van der Waals surface area contributed by atoms with Crippen molar-refractivity contribution in [2.24, 2.45) is 0 Å². The van der Waals surface area contributed by atoms with Crippen LogP contribution in [0.25, 0.3) is 0 Å². The van der Waals surface area contributed by atoms with Crippen LogP contribution in [0.5, 0.6) is 0 Å². The molecule has 9 atom stereocenters. The SMILES string of the molecule is CO[C@H]1[C@H](O)[C@@H](O[C@@H]2[C@@H](C)O[C@@H](O)C[C@H]2OC)O[C@@H](C)[C@@H]1O. The minimum atomic E-state index is -1.15. The Labute approximate surface area is 129 Å². The van der Waals surface area contributed by atoms with Crippen LogP contribution in [0.15, 0.2) is 0 Å². The van der Waals surface area contributed by atoms with E-state index in [0.29, 0.717) is 0 Å². The summed E-state index contributed by atoms with van der Waals surface area (Å²) in [6.07, 6.45) is -6.42. The molecule has 3 N–H and O–H groups in total. The van der Waals surface area contributed by atoms with Gasteiger partial charge >= 0.3 is 0 Å². The lowest BCUT2D eigenvalue weighted by molar-refractivity contribution is -0.337. The third kappa shape index (κ3) is 3.60. The first kappa shape index (κ1) is 18.0. The highest BCUT2D eigenvalue weighted by atomic mass is 16.7. The fraction of sp³-hybridized carbons (Fsp3) is 1.00. The molecule has 0 aliphatic carbocycles. The fourth-order valence-corrected chi connectivity index (χ4v) is 2.99. The summed E-state index contributed by atoms with van der Waals surface area (Å²) < 4.78 is 27.2. The number of rotatable bonds is 4. The standard InChI is InChI=1S/C14H26O8/c1-6-10(16)13(19-4)11(17)14(21-6)22-12-7(2)20-9(15)5-8(12)18-3/h6-17H,5H2,1-4H3/t6-,7+,8+,9+,10-,11-,12+,13+,14+/m0/s1. The molecule has 2 saturated heterocycles. The first-order valence-electron chi connectivity index (χ1n) is 7.45. The van der Waals surface area contributed by atoms with Crippen molar-refractivity contribution in [1.29, 1.82) is 0 Å². The lowest BCUT2D eigenvalue weighted by Gasteiger charge is -2.44. The van der Waals surface area contributed by atoms with Crippen molar-refractivity contribution in [2.45, 2.75) is 75.6 Å². The Morgan fingerprint density at radius 3 is 2.14 bits per heavy atom. The number of aliphatic hydroxyl groups excluding tert-OH is 3. The van der Waals surface area contributed by atoms with Crippen LogP contribution in [0.1, 0.15) is 20.3 Å². The quantitative estimate of drug-likeness (QED) is 0.605. The van der Waals surface area contributed by atoms with Crippen molar-refractivity contribution in [1.82, 2.24) is 0 Å². The summed E-state index contributed by atoms with van der Waals surface area (Å²) in [4.78, 5) is 0. The molecule has 2 fully saturated rings. The van der Waals surface area contributed by atoms with Crippen LogP contribution in [0.2, 0.25) is 0 Å². The molecule has 0 unspecified atom stereocenters. The van der Waals surface area contributed by atoms with Crippen molar-refractivity contribution in [2.75, 3.05) is 14.2 Å². The maximum atomic E-state index is 10.3. The van der Waals surface area contributed by atoms with Gasteiger partial charge in [0.15, 0.2) is 12.6 Å². The van der Waals surface area contributed by atoms with E-state index in [0.717, 1.165) is 0 Å². The summed E-state index contributed by atoms with van der Waals surface area (Å²) in [5, 5.41) is 29.9. The zero-order chi connectivity index (χ0) is 16.4. The van der Waals surface area contributed by atoms with Crippen molar-refractivity contribution in [3.05, 3.63) is 0 Å². The summed E-state index contributed by atoms with van der Waals surface area (Å²) in [6.45, 7) is 3.43. The molecule has 2 aliphatic rings. The molecule has 2 rings (SSSR count). The largest absolute Gasteiger partial charge is 0.388 e. The maximum absolute atomic E-state index is 10.3. The van der Waals surface area contributed by atoms with Crippen LogP contribution in [-0.4, -0.2) is 84.8 Å². The highest BCUT2D eigenvalue weighted by Crippen LogP contribution is 2.29. The third-order valence-corrected chi connectivity index (χ3v) is 4.28. The van der Waals surface area contributed by atoms with Crippen molar-refractivity contribution in [3.63, 3.8) is 0 Å². The molecule has 0 aromatic heterocycles. The van der Waals surface area contributed by atoms with Gasteiger partial charge in [0.25, 0.3) is 0 Å². The normalized spacial score (nSPS) is 50.0. The summed E-state index contributed by atoms with van der Waals surface area (Å²) in [5.41, 5.74) is 0. The molecular weight excluding hydrogens is 296 g/mol. The van der Waals surface area contributed by atoms with Crippen molar-refractivity contribution in [3.8, 4) is 0 Å². The van der Waals surface area contributed by atoms with E-state index in [-0.39, 0.29) is 6.42 Å². The van der Waals surface area contributed by atoms with E-state index < -0.39 is 55.3 Å². The van der Waals surface area contributed by atoms with Gasteiger partial charge in [0.1, 0.15) is 24.4 Å². The lowest BCUT2D eigenvalue weighted by atomic mass is 9.98. The van der Waals surface area contributed by atoms with Gasteiger partial charge in [0.2, 0.25) is 0 Å². The Bertz CT molecular complexity index is 354. The average Bonchev–Trinajstić information content (AvgIpc) is 2.47. The second-order valence-electron chi connectivity index (χ2n) is 5.80. The van der Waals surface area contributed by atoms with E-state index in [1.165, 1.54) is 14.2 Å². The van der Waals surface area contributed by atoms with E-state index in [4.69, 9.17) is 23.7 Å². The van der Waals surface area contributed by atoms with E-state index in [9.17, 15) is 15.3 Å². The Morgan fingerprint density at radius 2 is 1.55 bits per heavy atom. The Balaban J connectivity index is 2.07. The summed E-state index contributed by atoms with van der Waals surface area (Å²) >= 11 is 0. The monoisotopic (exact) mass is 322 g/mol. The Morgan fingerprint density at radius 1 is 0.864 bits per heavy atom. The molecule has 0 radical (unpaired) electrons. The molecule has 0 saturated carbocycles. The van der Waals surface area contributed by atoms with Gasteiger partial charge in [-0.25, -0.2) is 0 Å². The van der Waals surface area contributed by atoms with Crippen LogP contribution in [0, 0.1) is 0 Å². The molecule has 0 bridgehead atoms.